The van der Waals surface area contributed by atoms with Crippen molar-refractivity contribution in [3.05, 3.63) is 77.9 Å². The summed E-state index contributed by atoms with van der Waals surface area (Å²) in [5.74, 6) is 0.514. The Balaban J connectivity index is 1.68. The molecule has 0 spiro atoms. The third-order valence-electron chi connectivity index (χ3n) is 4.13. The minimum absolute atomic E-state index is 0.158. The van der Waals surface area contributed by atoms with Crippen molar-refractivity contribution in [1.29, 1.82) is 0 Å². The summed E-state index contributed by atoms with van der Waals surface area (Å²) in [6, 6.07) is 18.3. The highest BCUT2D eigenvalue weighted by molar-refractivity contribution is 7.92. The SMILES string of the molecule is Cc1cccc(S(=O)(=O)Nc2ccc3c(c2)C(=O)Nc2ccccc2O3)c1. The maximum atomic E-state index is 12.6. The smallest absolute Gasteiger partial charge is 0.261 e. The predicted molar refractivity (Wildman–Crippen MR) is 103 cm³/mol. The lowest BCUT2D eigenvalue weighted by molar-refractivity contribution is 0.102. The third kappa shape index (κ3) is 3.37. The minimum atomic E-state index is -3.77. The lowest BCUT2D eigenvalue weighted by atomic mass is 10.1. The molecule has 27 heavy (non-hydrogen) atoms. The monoisotopic (exact) mass is 380 g/mol. The number of aryl methyl sites for hydroxylation is 1. The maximum Gasteiger partial charge on any atom is 0.261 e. The molecule has 0 aliphatic carbocycles. The van der Waals surface area contributed by atoms with Gasteiger partial charge in [-0.25, -0.2) is 8.42 Å². The van der Waals surface area contributed by atoms with Gasteiger partial charge in [0.2, 0.25) is 0 Å². The quantitative estimate of drug-likeness (QED) is 0.715. The number of hydrogen-bond acceptors (Lipinski definition) is 4. The Morgan fingerprint density at radius 1 is 0.926 bits per heavy atom. The zero-order chi connectivity index (χ0) is 19.0. The van der Waals surface area contributed by atoms with Gasteiger partial charge in [0.1, 0.15) is 5.75 Å². The molecule has 6 nitrogen and oxygen atoms in total. The summed E-state index contributed by atoms with van der Waals surface area (Å²) in [7, 11) is -3.77. The van der Waals surface area contributed by atoms with Gasteiger partial charge in [-0.05, 0) is 55.0 Å². The summed E-state index contributed by atoms with van der Waals surface area (Å²) in [5.41, 5.74) is 1.92. The molecule has 0 radical (unpaired) electrons. The number of anilines is 2. The molecule has 2 N–H and O–H groups in total. The van der Waals surface area contributed by atoms with Gasteiger partial charge in [0.25, 0.3) is 15.9 Å². The van der Waals surface area contributed by atoms with E-state index in [9.17, 15) is 13.2 Å². The normalized spacial score (nSPS) is 12.9. The summed E-state index contributed by atoms with van der Waals surface area (Å²) in [6.45, 7) is 1.82. The highest BCUT2D eigenvalue weighted by Crippen LogP contribution is 2.36. The average Bonchev–Trinajstić information content (AvgIpc) is 2.77. The maximum absolute atomic E-state index is 12.6. The molecule has 136 valence electrons. The molecule has 0 fully saturated rings. The van der Waals surface area contributed by atoms with E-state index in [-0.39, 0.29) is 22.1 Å². The number of rotatable bonds is 3. The lowest BCUT2D eigenvalue weighted by Gasteiger charge is -2.11. The number of nitrogens with one attached hydrogen (secondary N) is 2. The van der Waals surface area contributed by atoms with Crippen molar-refractivity contribution < 1.29 is 17.9 Å². The van der Waals surface area contributed by atoms with Gasteiger partial charge in [-0.15, -0.1) is 0 Å². The molecule has 0 saturated carbocycles. The zero-order valence-corrected chi connectivity index (χ0v) is 15.2. The first-order chi connectivity index (χ1) is 12.9. The van der Waals surface area contributed by atoms with Crippen molar-refractivity contribution in [3.8, 4) is 11.5 Å². The molecule has 1 amide bonds. The van der Waals surface area contributed by atoms with E-state index in [2.05, 4.69) is 10.0 Å². The summed E-state index contributed by atoms with van der Waals surface area (Å²) in [4.78, 5) is 12.7. The number of sulfonamides is 1. The van der Waals surface area contributed by atoms with E-state index in [0.29, 0.717) is 17.2 Å². The van der Waals surface area contributed by atoms with E-state index in [0.717, 1.165) is 5.56 Å². The Labute approximate surface area is 156 Å². The number of carbonyl (C=O) groups excluding carboxylic acids is 1. The first kappa shape index (κ1) is 17.1. The molecular weight excluding hydrogens is 364 g/mol. The molecule has 0 aromatic heterocycles. The second kappa shape index (κ2) is 6.44. The van der Waals surface area contributed by atoms with E-state index in [4.69, 9.17) is 4.74 Å². The summed E-state index contributed by atoms with van der Waals surface area (Å²) in [5, 5.41) is 2.77. The Bertz CT molecular complexity index is 1160. The van der Waals surface area contributed by atoms with E-state index in [1.54, 1.807) is 48.5 Å². The van der Waals surface area contributed by atoms with Gasteiger partial charge < -0.3 is 10.1 Å². The molecule has 0 bridgehead atoms. The van der Waals surface area contributed by atoms with Crippen molar-refractivity contribution in [2.24, 2.45) is 0 Å². The molecule has 4 rings (SSSR count). The van der Waals surface area contributed by atoms with E-state index in [1.165, 1.54) is 12.1 Å². The summed E-state index contributed by atoms with van der Waals surface area (Å²) >= 11 is 0. The molecule has 0 saturated heterocycles. The van der Waals surface area contributed by atoms with Gasteiger partial charge in [0.05, 0.1) is 16.1 Å². The fourth-order valence-electron chi connectivity index (χ4n) is 2.82. The van der Waals surface area contributed by atoms with Gasteiger partial charge >= 0.3 is 0 Å². The zero-order valence-electron chi connectivity index (χ0n) is 14.4. The van der Waals surface area contributed by atoms with Gasteiger partial charge in [-0.2, -0.15) is 0 Å². The van der Waals surface area contributed by atoms with Crippen LogP contribution < -0.4 is 14.8 Å². The average molecular weight is 380 g/mol. The van der Waals surface area contributed by atoms with Gasteiger partial charge in [-0.3, -0.25) is 9.52 Å². The Morgan fingerprint density at radius 2 is 1.74 bits per heavy atom. The summed E-state index contributed by atoms with van der Waals surface area (Å²) in [6.07, 6.45) is 0. The number of para-hydroxylation sites is 2. The molecule has 7 heteroatoms. The molecule has 0 unspecified atom stereocenters. The van der Waals surface area contributed by atoms with Crippen LogP contribution in [0.15, 0.2) is 71.6 Å². The largest absolute Gasteiger partial charge is 0.454 e. The van der Waals surface area contributed by atoms with E-state index < -0.39 is 10.0 Å². The van der Waals surface area contributed by atoms with Crippen molar-refractivity contribution in [2.45, 2.75) is 11.8 Å². The van der Waals surface area contributed by atoms with Gasteiger partial charge in [0, 0.05) is 5.69 Å². The standard InChI is InChI=1S/C20H16N2O4S/c1-13-5-4-6-15(11-13)27(24,25)22-14-9-10-18-16(12-14)20(23)21-17-7-2-3-8-19(17)26-18/h2-12,22H,1H3,(H,21,23). The second-order valence-corrected chi connectivity index (χ2v) is 7.87. The first-order valence-corrected chi connectivity index (χ1v) is 9.72. The molecule has 1 aliphatic heterocycles. The molecule has 3 aromatic rings. The fourth-order valence-corrected chi connectivity index (χ4v) is 3.98. The Hall–Kier alpha value is -3.32. The van der Waals surface area contributed by atoms with Crippen LogP contribution in [0.2, 0.25) is 0 Å². The number of carbonyl (C=O) groups is 1. The van der Waals surface area contributed by atoms with Crippen LogP contribution in [-0.4, -0.2) is 14.3 Å². The number of fused-ring (bicyclic) bond motifs is 2. The second-order valence-electron chi connectivity index (χ2n) is 6.19. The van der Waals surface area contributed by atoms with Crippen molar-refractivity contribution in [1.82, 2.24) is 0 Å². The highest BCUT2D eigenvalue weighted by atomic mass is 32.2. The number of amides is 1. The van der Waals surface area contributed by atoms with Crippen molar-refractivity contribution in [2.75, 3.05) is 10.0 Å². The van der Waals surface area contributed by atoms with E-state index in [1.807, 2.05) is 13.0 Å². The molecule has 1 aliphatic rings. The third-order valence-corrected chi connectivity index (χ3v) is 5.51. The predicted octanol–water partition coefficient (Wildman–Crippen LogP) is 4.15. The topological polar surface area (TPSA) is 84.5 Å². The van der Waals surface area contributed by atoms with Crippen LogP contribution in [-0.2, 0) is 10.0 Å². The van der Waals surface area contributed by atoms with Gasteiger partial charge in [0.15, 0.2) is 5.75 Å². The lowest BCUT2D eigenvalue weighted by Crippen LogP contribution is -2.15. The number of hydrogen-bond donors (Lipinski definition) is 2. The van der Waals surface area contributed by atoms with Crippen LogP contribution in [0, 0.1) is 6.92 Å². The molecule has 3 aromatic carbocycles. The van der Waals surface area contributed by atoms with Crippen molar-refractivity contribution in [3.63, 3.8) is 0 Å². The molecular formula is C20H16N2O4S. The Kier molecular flexibility index (Phi) is 4.08. The number of benzene rings is 3. The number of ether oxygens (including phenoxy) is 1. The van der Waals surface area contributed by atoms with Crippen LogP contribution in [0.1, 0.15) is 15.9 Å². The van der Waals surface area contributed by atoms with Crippen LogP contribution >= 0.6 is 0 Å². The minimum Gasteiger partial charge on any atom is -0.454 e. The van der Waals surface area contributed by atoms with Gasteiger partial charge in [-0.1, -0.05) is 24.3 Å². The first-order valence-electron chi connectivity index (χ1n) is 8.24. The van der Waals surface area contributed by atoms with Crippen LogP contribution in [0.5, 0.6) is 11.5 Å². The van der Waals surface area contributed by atoms with Crippen molar-refractivity contribution >= 4 is 27.3 Å². The molecule has 0 atom stereocenters. The van der Waals surface area contributed by atoms with Crippen LogP contribution in [0.4, 0.5) is 11.4 Å². The van der Waals surface area contributed by atoms with Crippen LogP contribution in [0.25, 0.3) is 0 Å². The summed E-state index contributed by atoms with van der Waals surface area (Å²) < 4.78 is 33.5. The fraction of sp³-hybridized carbons (Fsp3) is 0.0500. The van der Waals surface area contributed by atoms with E-state index >= 15 is 0 Å². The Morgan fingerprint density at radius 3 is 2.56 bits per heavy atom. The van der Waals surface area contributed by atoms with Crippen LogP contribution in [0.3, 0.4) is 0 Å². The molecule has 1 heterocycles. The highest BCUT2D eigenvalue weighted by Gasteiger charge is 2.22.